The highest BCUT2D eigenvalue weighted by Crippen LogP contribution is 2.24. The summed E-state index contributed by atoms with van der Waals surface area (Å²) in [6.07, 6.45) is -0.0697. The number of ether oxygens (including phenoxy) is 4. The molecule has 0 N–H and O–H groups in total. The third-order valence-corrected chi connectivity index (χ3v) is 5.49. The van der Waals surface area contributed by atoms with Gasteiger partial charge < -0.3 is 18.9 Å². The van der Waals surface area contributed by atoms with Crippen molar-refractivity contribution in [2.24, 2.45) is 10.8 Å². The van der Waals surface area contributed by atoms with E-state index in [1.54, 1.807) is 26.0 Å². The molecule has 0 radical (unpaired) electrons. The first-order valence-electron chi connectivity index (χ1n) is 12.7. The molecule has 0 saturated carbocycles. The molecule has 11 nitrogen and oxygen atoms in total. The third-order valence-electron chi connectivity index (χ3n) is 5.49. The van der Waals surface area contributed by atoms with E-state index in [2.05, 4.69) is 0 Å². The topological polar surface area (TPSA) is 125 Å². The monoisotopic (exact) mass is 546 g/mol. The number of hydrogen-bond donors (Lipinski definition) is 0. The molecule has 220 valence electrons. The Hall–Kier alpha value is -2.47. The van der Waals surface area contributed by atoms with Gasteiger partial charge in [-0.1, -0.05) is 53.7 Å². The summed E-state index contributed by atoms with van der Waals surface area (Å²) in [5.41, 5.74) is 0.466. The van der Waals surface area contributed by atoms with Crippen LogP contribution in [-0.2, 0) is 48.1 Å². The summed E-state index contributed by atoms with van der Waals surface area (Å²) in [6, 6.07) is 0. The lowest BCUT2D eigenvalue weighted by molar-refractivity contribution is -0.369. The summed E-state index contributed by atoms with van der Waals surface area (Å²) in [4.78, 5) is 55.5. The first-order chi connectivity index (χ1) is 17.4. The van der Waals surface area contributed by atoms with Crippen LogP contribution in [0.5, 0.6) is 0 Å². The normalized spacial score (nSPS) is 16.2. The van der Waals surface area contributed by atoms with Gasteiger partial charge in [-0.25, -0.2) is 14.4 Å². The number of carbonyl (C=O) groups is 3. The van der Waals surface area contributed by atoms with Crippen LogP contribution in [0.2, 0.25) is 0 Å². The molecule has 0 spiro atoms. The molecule has 4 atom stereocenters. The van der Waals surface area contributed by atoms with Crippen molar-refractivity contribution in [3.63, 3.8) is 0 Å². The molecule has 0 amide bonds. The van der Waals surface area contributed by atoms with Crippen LogP contribution in [0.25, 0.3) is 0 Å². The Labute approximate surface area is 226 Å². The van der Waals surface area contributed by atoms with Crippen LogP contribution in [0, 0.1) is 10.8 Å². The highest BCUT2D eigenvalue weighted by molar-refractivity contribution is 5.87. The van der Waals surface area contributed by atoms with Crippen molar-refractivity contribution in [2.75, 3.05) is 0 Å². The fraction of sp³-hybridized carbons (Fsp3) is 0.741. The van der Waals surface area contributed by atoms with Crippen LogP contribution in [0.3, 0.4) is 0 Å². The molecule has 0 aliphatic carbocycles. The van der Waals surface area contributed by atoms with Crippen LogP contribution >= 0.6 is 0 Å². The molecule has 0 rings (SSSR count). The average Bonchev–Trinajstić information content (AvgIpc) is 2.79. The summed E-state index contributed by atoms with van der Waals surface area (Å²) in [5, 5.41) is 0. The zero-order valence-corrected chi connectivity index (χ0v) is 24.9. The molecule has 38 heavy (non-hydrogen) atoms. The molecule has 0 aromatic rings. The molecule has 0 fully saturated rings. The van der Waals surface area contributed by atoms with Gasteiger partial charge in [0.25, 0.3) is 0 Å². The molecule has 0 aliphatic rings. The van der Waals surface area contributed by atoms with E-state index in [1.165, 1.54) is 27.7 Å². The second kappa shape index (κ2) is 16.5. The quantitative estimate of drug-likeness (QED) is 0.0714. The van der Waals surface area contributed by atoms with Gasteiger partial charge in [-0.15, -0.1) is 0 Å². The lowest BCUT2D eigenvalue weighted by atomic mass is 9.88. The van der Waals surface area contributed by atoms with Gasteiger partial charge in [0.2, 0.25) is 25.2 Å². The van der Waals surface area contributed by atoms with Gasteiger partial charge in [0, 0.05) is 11.1 Å². The lowest BCUT2D eigenvalue weighted by Crippen LogP contribution is -2.29. The van der Waals surface area contributed by atoms with Crippen LogP contribution in [0.1, 0.15) is 95.9 Å². The van der Waals surface area contributed by atoms with Crippen molar-refractivity contribution in [1.29, 1.82) is 0 Å². The predicted octanol–water partition coefficient (Wildman–Crippen LogP) is 6.27. The van der Waals surface area contributed by atoms with E-state index in [9.17, 15) is 14.4 Å². The van der Waals surface area contributed by atoms with Gasteiger partial charge >= 0.3 is 18.1 Å². The molecule has 11 heteroatoms. The van der Waals surface area contributed by atoms with Gasteiger partial charge in [0.15, 0.2) is 0 Å². The number of allylic oxidation sites excluding steroid dienone is 2. The van der Waals surface area contributed by atoms with Crippen LogP contribution in [0.15, 0.2) is 23.3 Å². The van der Waals surface area contributed by atoms with E-state index < -0.39 is 43.3 Å². The molecule has 0 bridgehead atoms. The predicted molar refractivity (Wildman–Crippen MR) is 138 cm³/mol. The van der Waals surface area contributed by atoms with Gasteiger partial charge in [0.1, 0.15) is 0 Å². The van der Waals surface area contributed by atoms with Crippen molar-refractivity contribution in [3.05, 3.63) is 23.3 Å². The highest BCUT2D eigenvalue weighted by atomic mass is 17.2. The summed E-state index contributed by atoms with van der Waals surface area (Å²) in [6.45, 7) is 21.0. The number of carbonyl (C=O) groups excluding carboxylic acids is 3. The van der Waals surface area contributed by atoms with Crippen molar-refractivity contribution >= 4 is 18.1 Å². The standard InChI is InChI=1S/C27H46O11/c1-13-26(9,10)15-17(3)23(28)37-35-21(7)31-19(5)33-25(30)34-20(6)32-22(8)36-38-24(29)18(4)16-27(11,12)14-2/h15-16,19-22H,13-14H2,1-12H3/b17-15-,18-16-. The van der Waals surface area contributed by atoms with Crippen molar-refractivity contribution in [1.82, 2.24) is 0 Å². The van der Waals surface area contributed by atoms with E-state index in [4.69, 9.17) is 38.5 Å². The van der Waals surface area contributed by atoms with Crippen LogP contribution in [0.4, 0.5) is 4.79 Å². The maximum Gasteiger partial charge on any atom is 0.512 e. The van der Waals surface area contributed by atoms with Gasteiger partial charge in [0.05, 0.1) is 0 Å². The summed E-state index contributed by atoms with van der Waals surface area (Å²) >= 11 is 0. The Kier molecular flexibility index (Phi) is 15.4. The second-order valence-electron chi connectivity index (χ2n) is 10.3. The molecule has 0 heterocycles. The minimum atomic E-state index is -1.10. The van der Waals surface area contributed by atoms with Crippen LogP contribution in [-0.4, -0.2) is 43.3 Å². The van der Waals surface area contributed by atoms with Gasteiger partial charge in [-0.2, -0.15) is 9.78 Å². The minimum Gasteiger partial charge on any atom is -0.405 e. The molecule has 4 unspecified atom stereocenters. The molecular weight excluding hydrogens is 500 g/mol. The SMILES string of the molecule is CCC(C)(C)/C=C(/C)C(=O)OOC(C)OC(C)OC(=O)OC(C)OC(C)OOC(=O)/C(C)=C\C(C)(C)CC. The van der Waals surface area contributed by atoms with Crippen LogP contribution < -0.4 is 0 Å². The fourth-order valence-corrected chi connectivity index (χ4v) is 2.79. The minimum absolute atomic E-state index is 0.161. The fourth-order valence-electron chi connectivity index (χ4n) is 2.79. The molecule has 0 aliphatic heterocycles. The van der Waals surface area contributed by atoms with Crippen molar-refractivity contribution < 1.29 is 52.9 Å². The highest BCUT2D eigenvalue weighted by Gasteiger charge is 2.22. The number of hydrogen-bond acceptors (Lipinski definition) is 11. The third kappa shape index (κ3) is 15.7. The average molecular weight is 547 g/mol. The Morgan fingerprint density at radius 1 is 0.632 bits per heavy atom. The van der Waals surface area contributed by atoms with E-state index in [-0.39, 0.29) is 10.8 Å². The van der Waals surface area contributed by atoms with Crippen molar-refractivity contribution in [3.8, 4) is 0 Å². The van der Waals surface area contributed by atoms with Crippen molar-refractivity contribution in [2.45, 2.75) is 121 Å². The second-order valence-corrected chi connectivity index (χ2v) is 10.3. The first-order valence-corrected chi connectivity index (χ1v) is 12.7. The zero-order chi connectivity index (χ0) is 29.7. The molecule has 0 saturated heterocycles. The Bertz CT molecular complexity index is 763. The number of rotatable bonds is 16. The lowest BCUT2D eigenvalue weighted by Gasteiger charge is -2.21. The van der Waals surface area contributed by atoms with E-state index in [0.29, 0.717) is 11.1 Å². The van der Waals surface area contributed by atoms with E-state index in [1.807, 2.05) is 41.5 Å². The zero-order valence-electron chi connectivity index (χ0n) is 24.9. The van der Waals surface area contributed by atoms with E-state index >= 15 is 0 Å². The largest absolute Gasteiger partial charge is 0.512 e. The Morgan fingerprint density at radius 2 is 0.947 bits per heavy atom. The molecule has 0 aromatic heterocycles. The van der Waals surface area contributed by atoms with E-state index in [0.717, 1.165) is 12.8 Å². The maximum absolute atomic E-state index is 12.1. The summed E-state index contributed by atoms with van der Waals surface area (Å²) in [7, 11) is 0. The Morgan fingerprint density at radius 3 is 1.24 bits per heavy atom. The summed E-state index contributed by atoms with van der Waals surface area (Å²) in [5.74, 6) is -1.31. The van der Waals surface area contributed by atoms with Gasteiger partial charge in [-0.05, 0) is 65.2 Å². The maximum atomic E-state index is 12.1. The molecular formula is C27H46O11. The first kappa shape index (κ1) is 35.5. The van der Waals surface area contributed by atoms with Gasteiger partial charge in [-0.3, -0.25) is 9.78 Å². The smallest absolute Gasteiger partial charge is 0.405 e. The summed E-state index contributed by atoms with van der Waals surface area (Å²) < 4.78 is 20.5. The molecule has 0 aromatic carbocycles. The Balaban J connectivity index is 4.44.